The summed E-state index contributed by atoms with van der Waals surface area (Å²) < 4.78 is 0. The molecule has 3 aromatic rings. The Bertz CT molecular complexity index is 792. The lowest BCUT2D eigenvalue weighted by molar-refractivity contribution is 0.0702. The molecule has 0 aliphatic rings. The van der Waals surface area contributed by atoms with E-state index in [4.69, 9.17) is 0 Å². The van der Waals surface area contributed by atoms with Crippen LogP contribution in [0, 0.1) is 6.92 Å². The van der Waals surface area contributed by atoms with E-state index in [9.17, 15) is 9.90 Å². The van der Waals surface area contributed by atoms with Crippen molar-refractivity contribution in [3.63, 3.8) is 0 Å². The highest BCUT2D eigenvalue weighted by molar-refractivity contribution is 7.14. The van der Waals surface area contributed by atoms with Crippen molar-refractivity contribution in [3.8, 4) is 11.3 Å². The van der Waals surface area contributed by atoms with Crippen LogP contribution in [0.4, 0.5) is 0 Å². The fraction of sp³-hybridized carbons (Fsp3) is 0.111. The summed E-state index contributed by atoms with van der Waals surface area (Å²) in [5.74, 6) is -0.924. The zero-order valence-electron chi connectivity index (χ0n) is 12.1. The number of aromatic carboxylic acids is 1. The Morgan fingerprint density at radius 2 is 1.77 bits per heavy atom. The van der Waals surface area contributed by atoms with Crippen molar-refractivity contribution in [3.05, 3.63) is 75.6 Å². The van der Waals surface area contributed by atoms with Crippen LogP contribution in [0.1, 0.15) is 25.8 Å². The van der Waals surface area contributed by atoms with E-state index >= 15 is 0 Å². The van der Waals surface area contributed by atoms with Crippen molar-refractivity contribution in [2.75, 3.05) is 0 Å². The zero-order chi connectivity index (χ0) is 15.5. The SMILES string of the molecule is Cc1ccc(-c2nc(Cc3ccccc3)sc2C(=O)O)cc1. The van der Waals surface area contributed by atoms with Gasteiger partial charge in [0.05, 0.1) is 10.7 Å². The summed E-state index contributed by atoms with van der Waals surface area (Å²) in [5, 5.41) is 10.3. The lowest BCUT2D eigenvalue weighted by Crippen LogP contribution is -1.95. The number of carboxylic acid groups (broad SMARTS) is 1. The van der Waals surface area contributed by atoms with E-state index in [0.717, 1.165) is 21.7 Å². The third-order valence-corrected chi connectivity index (χ3v) is 4.43. The highest BCUT2D eigenvalue weighted by Crippen LogP contribution is 2.29. The van der Waals surface area contributed by atoms with Crippen LogP contribution >= 0.6 is 11.3 Å². The maximum Gasteiger partial charge on any atom is 0.348 e. The number of benzene rings is 2. The summed E-state index contributed by atoms with van der Waals surface area (Å²) in [5.41, 5.74) is 3.67. The Labute approximate surface area is 132 Å². The third-order valence-electron chi connectivity index (χ3n) is 3.39. The van der Waals surface area contributed by atoms with Gasteiger partial charge in [-0.2, -0.15) is 0 Å². The van der Waals surface area contributed by atoms with E-state index in [1.165, 1.54) is 11.3 Å². The van der Waals surface area contributed by atoms with Gasteiger partial charge in [-0.05, 0) is 12.5 Å². The Kier molecular flexibility index (Phi) is 4.02. The highest BCUT2D eigenvalue weighted by atomic mass is 32.1. The standard InChI is InChI=1S/C18H15NO2S/c1-12-7-9-14(10-8-12)16-17(18(20)21)22-15(19-16)11-13-5-3-2-4-6-13/h2-10H,11H2,1H3,(H,20,21). The van der Waals surface area contributed by atoms with Gasteiger partial charge >= 0.3 is 5.97 Å². The lowest BCUT2D eigenvalue weighted by atomic mass is 10.1. The van der Waals surface area contributed by atoms with Crippen LogP contribution in [0.3, 0.4) is 0 Å². The molecule has 4 heteroatoms. The van der Waals surface area contributed by atoms with E-state index < -0.39 is 5.97 Å². The van der Waals surface area contributed by atoms with Gasteiger partial charge < -0.3 is 5.11 Å². The lowest BCUT2D eigenvalue weighted by Gasteiger charge is -1.99. The molecule has 3 nitrogen and oxygen atoms in total. The first-order valence-corrected chi connectivity index (χ1v) is 7.79. The van der Waals surface area contributed by atoms with Gasteiger partial charge in [-0.3, -0.25) is 0 Å². The van der Waals surface area contributed by atoms with Crippen LogP contribution in [0.15, 0.2) is 54.6 Å². The molecule has 0 saturated heterocycles. The van der Waals surface area contributed by atoms with Crippen molar-refractivity contribution in [1.82, 2.24) is 4.98 Å². The number of aryl methyl sites for hydroxylation is 1. The Morgan fingerprint density at radius 3 is 2.41 bits per heavy atom. The van der Waals surface area contributed by atoms with Gasteiger partial charge in [0.25, 0.3) is 0 Å². The molecule has 22 heavy (non-hydrogen) atoms. The highest BCUT2D eigenvalue weighted by Gasteiger charge is 2.18. The summed E-state index contributed by atoms with van der Waals surface area (Å²) in [6.07, 6.45) is 0.650. The molecule has 0 unspecified atom stereocenters. The van der Waals surface area contributed by atoms with E-state index in [0.29, 0.717) is 17.0 Å². The number of rotatable bonds is 4. The van der Waals surface area contributed by atoms with Crippen LogP contribution < -0.4 is 0 Å². The largest absolute Gasteiger partial charge is 0.477 e. The van der Waals surface area contributed by atoms with Gasteiger partial charge in [-0.15, -0.1) is 11.3 Å². The number of thiazole rings is 1. The minimum atomic E-state index is -0.924. The quantitative estimate of drug-likeness (QED) is 0.776. The Balaban J connectivity index is 1.99. The molecule has 0 saturated carbocycles. The molecule has 0 fully saturated rings. The molecule has 2 aromatic carbocycles. The number of carbonyl (C=O) groups is 1. The van der Waals surface area contributed by atoms with Gasteiger partial charge in [-0.1, -0.05) is 60.2 Å². The summed E-state index contributed by atoms with van der Waals surface area (Å²) in [7, 11) is 0. The molecule has 0 atom stereocenters. The van der Waals surface area contributed by atoms with Crippen molar-refractivity contribution in [2.24, 2.45) is 0 Å². The molecular formula is C18H15NO2S. The summed E-state index contributed by atoms with van der Waals surface area (Å²) >= 11 is 1.25. The fourth-order valence-electron chi connectivity index (χ4n) is 2.26. The number of hydrogen-bond acceptors (Lipinski definition) is 3. The van der Waals surface area contributed by atoms with E-state index in [1.807, 2.05) is 61.5 Å². The molecule has 0 bridgehead atoms. The minimum Gasteiger partial charge on any atom is -0.477 e. The van der Waals surface area contributed by atoms with Gasteiger partial charge in [0, 0.05) is 12.0 Å². The van der Waals surface area contributed by atoms with Crippen LogP contribution in [0.2, 0.25) is 0 Å². The van der Waals surface area contributed by atoms with Crippen molar-refractivity contribution < 1.29 is 9.90 Å². The second kappa shape index (κ2) is 6.12. The molecule has 1 aromatic heterocycles. The van der Waals surface area contributed by atoms with Gasteiger partial charge in [0.15, 0.2) is 0 Å². The number of hydrogen-bond donors (Lipinski definition) is 1. The predicted octanol–water partition coefficient (Wildman–Crippen LogP) is 4.41. The topological polar surface area (TPSA) is 50.2 Å². The third kappa shape index (κ3) is 3.07. The van der Waals surface area contributed by atoms with Crippen LogP contribution in [-0.4, -0.2) is 16.1 Å². The first kappa shape index (κ1) is 14.5. The van der Waals surface area contributed by atoms with Crippen LogP contribution in [0.5, 0.6) is 0 Å². The van der Waals surface area contributed by atoms with E-state index in [-0.39, 0.29) is 0 Å². The maximum atomic E-state index is 11.5. The summed E-state index contributed by atoms with van der Waals surface area (Å²) in [6.45, 7) is 2.00. The molecule has 0 amide bonds. The first-order valence-electron chi connectivity index (χ1n) is 6.97. The molecule has 0 radical (unpaired) electrons. The number of aromatic nitrogens is 1. The molecule has 1 heterocycles. The summed E-state index contributed by atoms with van der Waals surface area (Å²) in [6, 6.07) is 17.7. The van der Waals surface area contributed by atoms with E-state index in [1.54, 1.807) is 0 Å². The molecule has 0 spiro atoms. The molecule has 0 aliphatic carbocycles. The molecule has 1 N–H and O–H groups in total. The van der Waals surface area contributed by atoms with Crippen LogP contribution in [0.25, 0.3) is 11.3 Å². The van der Waals surface area contributed by atoms with Crippen molar-refractivity contribution >= 4 is 17.3 Å². The fourth-order valence-corrected chi connectivity index (χ4v) is 3.22. The maximum absolute atomic E-state index is 11.5. The van der Waals surface area contributed by atoms with Crippen molar-refractivity contribution in [2.45, 2.75) is 13.3 Å². The van der Waals surface area contributed by atoms with Crippen LogP contribution in [-0.2, 0) is 6.42 Å². The number of carboxylic acids is 1. The molecular weight excluding hydrogens is 294 g/mol. The second-order valence-corrected chi connectivity index (χ2v) is 6.20. The van der Waals surface area contributed by atoms with Gasteiger partial charge in [-0.25, -0.2) is 9.78 Å². The van der Waals surface area contributed by atoms with Gasteiger partial charge in [0.1, 0.15) is 4.88 Å². The average molecular weight is 309 g/mol. The monoisotopic (exact) mass is 309 g/mol. The Hall–Kier alpha value is -2.46. The molecule has 0 aliphatic heterocycles. The first-order chi connectivity index (χ1) is 10.6. The smallest absolute Gasteiger partial charge is 0.348 e. The van der Waals surface area contributed by atoms with Gasteiger partial charge in [0.2, 0.25) is 0 Å². The Morgan fingerprint density at radius 1 is 1.09 bits per heavy atom. The minimum absolute atomic E-state index is 0.301. The summed E-state index contributed by atoms with van der Waals surface area (Å²) in [4.78, 5) is 16.4. The second-order valence-electron chi connectivity index (χ2n) is 5.12. The molecule has 3 rings (SSSR count). The van der Waals surface area contributed by atoms with E-state index in [2.05, 4.69) is 4.98 Å². The molecule has 110 valence electrons. The normalized spacial score (nSPS) is 10.6. The average Bonchev–Trinajstić information content (AvgIpc) is 2.93. The predicted molar refractivity (Wildman–Crippen MR) is 88.5 cm³/mol. The van der Waals surface area contributed by atoms with Crippen molar-refractivity contribution in [1.29, 1.82) is 0 Å². The zero-order valence-corrected chi connectivity index (χ0v) is 12.9. The number of nitrogens with zero attached hydrogens (tertiary/aromatic N) is 1.